The Balaban J connectivity index is 2.14. The molecule has 0 aliphatic heterocycles. The van der Waals surface area contributed by atoms with E-state index in [9.17, 15) is 0 Å². The van der Waals surface area contributed by atoms with Crippen molar-refractivity contribution in [3.63, 3.8) is 0 Å². The summed E-state index contributed by atoms with van der Waals surface area (Å²) < 4.78 is 3.92. The third kappa shape index (κ3) is 1.72. The molecule has 7 heteroatoms. The number of fused-ring (bicyclic) bond motifs is 1. The van der Waals surface area contributed by atoms with Gasteiger partial charge in [0.25, 0.3) is 0 Å². The first-order valence-electron chi connectivity index (χ1n) is 5.48. The maximum atomic E-state index is 4.50. The number of aromatic amines is 1. The molecular weight excluding hydrogens is 248 g/mol. The molecule has 0 saturated heterocycles. The number of imidazole rings is 1. The minimum atomic E-state index is 0.712. The van der Waals surface area contributed by atoms with Crippen LogP contribution in [0.1, 0.15) is 5.69 Å². The van der Waals surface area contributed by atoms with Crippen LogP contribution in [0, 0.1) is 6.92 Å². The van der Waals surface area contributed by atoms with E-state index in [2.05, 4.69) is 24.5 Å². The van der Waals surface area contributed by atoms with Crippen LogP contribution in [-0.4, -0.2) is 38.6 Å². The maximum Gasteiger partial charge on any atom is 0.180 e. The van der Waals surface area contributed by atoms with E-state index in [0.717, 1.165) is 27.7 Å². The molecule has 0 atom stereocenters. The fraction of sp³-hybridized carbons (Fsp3) is 0.273. The van der Waals surface area contributed by atoms with Gasteiger partial charge in [0.1, 0.15) is 10.7 Å². The van der Waals surface area contributed by atoms with Crippen molar-refractivity contribution in [3.05, 3.63) is 17.8 Å². The van der Waals surface area contributed by atoms with Gasteiger partial charge < -0.3 is 9.88 Å². The molecule has 3 aromatic heterocycles. The molecule has 6 nitrogen and oxygen atoms in total. The van der Waals surface area contributed by atoms with Crippen LogP contribution in [0.2, 0.25) is 0 Å². The van der Waals surface area contributed by atoms with Gasteiger partial charge in [-0.1, -0.05) is 4.49 Å². The fourth-order valence-corrected chi connectivity index (χ4v) is 2.29. The van der Waals surface area contributed by atoms with Crippen LogP contribution in [0.25, 0.3) is 21.9 Å². The lowest BCUT2D eigenvalue weighted by molar-refractivity contribution is 1.08. The normalized spacial score (nSPS) is 11.1. The molecule has 0 aliphatic rings. The van der Waals surface area contributed by atoms with E-state index in [0.29, 0.717) is 5.65 Å². The maximum absolute atomic E-state index is 4.50. The summed E-state index contributed by atoms with van der Waals surface area (Å²) in [5.74, 6) is 1.67. The van der Waals surface area contributed by atoms with Crippen LogP contribution in [0.4, 0.5) is 5.82 Å². The molecule has 0 bridgehead atoms. The van der Waals surface area contributed by atoms with Crippen molar-refractivity contribution in [1.82, 2.24) is 24.5 Å². The molecule has 0 spiro atoms. The number of nitrogens with zero attached hydrogens (tertiary/aromatic N) is 5. The molecule has 0 aliphatic carbocycles. The largest absolute Gasteiger partial charge is 0.363 e. The Bertz CT molecular complexity index is 698. The molecular formula is C11H12N6S. The molecule has 3 rings (SSSR count). The second-order valence-electron chi connectivity index (χ2n) is 4.21. The Kier molecular flexibility index (Phi) is 2.48. The van der Waals surface area contributed by atoms with E-state index < -0.39 is 0 Å². The lowest BCUT2D eigenvalue weighted by atomic mass is 10.4. The number of aryl methyl sites for hydroxylation is 1. The molecule has 0 radical (unpaired) electrons. The van der Waals surface area contributed by atoms with E-state index in [1.165, 1.54) is 11.5 Å². The second kappa shape index (κ2) is 4.02. The highest BCUT2D eigenvalue weighted by molar-refractivity contribution is 7.09. The Morgan fingerprint density at radius 3 is 2.72 bits per heavy atom. The summed E-state index contributed by atoms with van der Waals surface area (Å²) in [6.45, 7) is 1.92. The topological polar surface area (TPSA) is 70.6 Å². The first-order chi connectivity index (χ1) is 8.65. The monoisotopic (exact) mass is 260 g/mol. The van der Waals surface area contributed by atoms with Crippen LogP contribution < -0.4 is 4.90 Å². The summed E-state index contributed by atoms with van der Waals surface area (Å²) in [4.78, 5) is 15.1. The number of hydrogen-bond donors (Lipinski definition) is 1. The third-order valence-electron chi connectivity index (χ3n) is 2.66. The summed E-state index contributed by atoms with van der Waals surface area (Å²) in [6.07, 6.45) is 0. The number of rotatable bonds is 2. The SMILES string of the molecule is Cc1nnsc1-c1nc2nc(N(C)C)ccc2[nH]1. The van der Waals surface area contributed by atoms with Crippen molar-refractivity contribution in [1.29, 1.82) is 0 Å². The predicted molar refractivity (Wildman–Crippen MR) is 71.9 cm³/mol. The highest BCUT2D eigenvalue weighted by atomic mass is 32.1. The zero-order valence-corrected chi connectivity index (χ0v) is 11.1. The van der Waals surface area contributed by atoms with Gasteiger partial charge in [-0.25, -0.2) is 9.97 Å². The molecule has 1 N–H and O–H groups in total. The van der Waals surface area contributed by atoms with Gasteiger partial charge >= 0.3 is 0 Å². The number of anilines is 1. The number of hydrogen-bond acceptors (Lipinski definition) is 6. The number of nitrogens with one attached hydrogen (secondary N) is 1. The van der Waals surface area contributed by atoms with Crippen molar-refractivity contribution in [2.75, 3.05) is 19.0 Å². The minimum absolute atomic E-state index is 0.712. The van der Waals surface area contributed by atoms with Crippen molar-refractivity contribution in [2.45, 2.75) is 6.92 Å². The van der Waals surface area contributed by atoms with Gasteiger partial charge in [-0.05, 0) is 30.6 Å². The molecule has 92 valence electrons. The zero-order chi connectivity index (χ0) is 12.7. The average Bonchev–Trinajstić information content (AvgIpc) is 2.92. The first-order valence-corrected chi connectivity index (χ1v) is 6.26. The summed E-state index contributed by atoms with van der Waals surface area (Å²) in [5, 5.41) is 3.99. The van der Waals surface area contributed by atoms with Gasteiger partial charge in [0.2, 0.25) is 0 Å². The van der Waals surface area contributed by atoms with Gasteiger partial charge in [-0.2, -0.15) is 0 Å². The summed E-state index contributed by atoms with van der Waals surface area (Å²) >= 11 is 1.34. The Hall–Kier alpha value is -2.02. The smallest absolute Gasteiger partial charge is 0.180 e. The van der Waals surface area contributed by atoms with E-state index in [-0.39, 0.29) is 0 Å². The highest BCUT2D eigenvalue weighted by Gasteiger charge is 2.12. The van der Waals surface area contributed by atoms with Crippen LogP contribution in [0.15, 0.2) is 12.1 Å². The number of aromatic nitrogens is 5. The number of H-pyrrole nitrogens is 1. The van der Waals surface area contributed by atoms with Gasteiger partial charge in [0.15, 0.2) is 11.5 Å². The van der Waals surface area contributed by atoms with Gasteiger partial charge in [0, 0.05) is 14.1 Å². The fourth-order valence-electron chi connectivity index (χ4n) is 1.69. The van der Waals surface area contributed by atoms with Gasteiger partial charge in [0.05, 0.1) is 11.2 Å². The summed E-state index contributed by atoms with van der Waals surface area (Å²) in [6, 6.07) is 3.94. The molecule has 0 fully saturated rings. The van der Waals surface area contributed by atoms with E-state index in [1.807, 2.05) is 38.1 Å². The lowest BCUT2D eigenvalue weighted by Gasteiger charge is -2.09. The van der Waals surface area contributed by atoms with Crippen LogP contribution in [-0.2, 0) is 0 Å². The molecule has 3 aromatic rings. The lowest BCUT2D eigenvalue weighted by Crippen LogP contribution is -2.10. The highest BCUT2D eigenvalue weighted by Crippen LogP contribution is 2.25. The average molecular weight is 260 g/mol. The molecule has 18 heavy (non-hydrogen) atoms. The summed E-state index contributed by atoms with van der Waals surface area (Å²) in [5.41, 5.74) is 2.51. The molecule has 0 saturated carbocycles. The van der Waals surface area contributed by atoms with Crippen molar-refractivity contribution in [2.24, 2.45) is 0 Å². The Labute approximate surface area is 108 Å². The Morgan fingerprint density at radius 2 is 2.06 bits per heavy atom. The van der Waals surface area contributed by atoms with Crippen molar-refractivity contribution in [3.8, 4) is 10.7 Å². The van der Waals surface area contributed by atoms with Crippen LogP contribution in [0.3, 0.4) is 0 Å². The quantitative estimate of drug-likeness (QED) is 0.761. The van der Waals surface area contributed by atoms with E-state index in [4.69, 9.17) is 0 Å². The standard InChI is InChI=1S/C11H12N6S/c1-6-9(18-16-15-6)11-12-7-4-5-8(17(2)3)13-10(7)14-11/h4-5H,1-3H3,(H,12,13,14). The van der Waals surface area contributed by atoms with Crippen LogP contribution >= 0.6 is 11.5 Å². The molecule has 0 unspecified atom stereocenters. The Morgan fingerprint density at radius 1 is 1.22 bits per heavy atom. The molecule has 0 amide bonds. The third-order valence-corrected chi connectivity index (χ3v) is 3.49. The molecule has 0 aromatic carbocycles. The van der Waals surface area contributed by atoms with E-state index >= 15 is 0 Å². The zero-order valence-electron chi connectivity index (χ0n) is 10.3. The first kappa shape index (κ1) is 11.1. The minimum Gasteiger partial charge on any atom is -0.363 e. The number of pyridine rings is 1. The van der Waals surface area contributed by atoms with Crippen molar-refractivity contribution < 1.29 is 0 Å². The van der Waals surface area contributed by atoms with Crippen LogP contribution in [0.5, 0.6) is 0 Å². The van der Waals surface area contributed by atoms with Gasteiger partial charge in [-0.15, -0.1) is 5.10 Å². The predicted octanol–water partition coefficient (Wildman–Crippen LogP) is 1.85. The molecule has 3 heterocycles. The summed E-state index contributed by atoms with van der Waals surface area (Å²) in [7, 11) is 3.91. The van der Waals surface area contributed by atoms with E-state index in [1.54, 1.807) is 0 Å². The van der Waals surface area contributed by atoms with Gasteiger partial charge in [-0.3, -0.25) is 0 Å². The van der Waals surface area contributed by atoms with Crippen molar-refractivity contribution >= 4 is 28.5 Å². The second-order valence-corrected chi connectivity index (χ2v) is 4.96.